The predicted molar refractivity (Wildman–Crippen MR) is 75.6 cm³/mol. The average molecular weight is 280 g/mol. The maximum atomic E-state index is 11.7. The summed E-state index contributed by atoms with van der Waals surface area (Å²) in [7, 11) is 2.14. The molecule has 2 aliphatic rings. The topological polar surface area (TPSA) is 43.8 Å². The Morgan fingerprint density at radius 2 is 2.11 bits per heavy atom. The minimum atomic E-state index is -0.696. The number of rotatable bonds is 2. The first-order chi connectivity index (χ1) is 9.16. The number of hydrogen-bond donors (Lipinski definition) is 1. The van der Waals surface area contributed by atoms with Gasteiger partial charge in [0, 0.05) is 17.5 Å². The van der Waals surface area contributed by atoms with Gasteiger partial charge in [-0.25, -0.2) is 0 Å². The summed E-state index contributed by atoms with van der Waals surface area (Å²) in [6.07, 6.45) is 3.17. The summed E-state index contributed by atoms with van der Waals surface area (Å²) < 4.78 is 0. The molecule has 104 valence electrons. The van der Waals surface area contributed by atoms with Crippen molar-refractivity contribution in [1.82, 2.24) is 9.80 Å². The molecular weight excluding hydrogens is 260 g/mol. The van der Waals surface area contributed by atoms with Crippen LogP contribution in [0.1, 0.15) is 29.3 Å². The van der Waals surface area contributed by atoms with Crippen LogP contribution >= 0.6 is 11.3 Å². The smallest absolute Gasteiger partial charge is 0.325 e. The SMILES string of the molecule is CN1CCC(N2CCc3sccc3C2C(=O)O)CC1. The normalized spacial score (nSPS) is 26.3. The van der Waals surface area contributed by atoms with Crippen molar-refractivity contribution in [2.24, 2.45) is 0 Å². The van der Waals surface area contributed by atoms with Gasteiger partial charge in [-0.2, -0.15) is 0 Å². The molecule has 0 bridgehead atoms. The highest BCUT2D eigenvalue weighted by Crippen LogP contribution is 2.36. The van der Waals surface area contributed by atoms with E-state index in [1.807, 2.05) is 11.4 Å². The van der Waals surface area contributed by atoms with Crippen molar-refractivity contribution in [2.75, 3.05) is 26.7 Å². The summed E-state index contributed by atoms with van der Waals surface area (Å²) in [5.41, 5.74) is 1.03. The van der Waals surface area contributed by atoms with Gasteiger partial charge in [-0.3, -0.25) is 9.69 Å². The largest absolute Gasteiger partial charge is 0.480 e. The Morgan fingerprint density at radius 3 is 2.79 bits per heavy atom. The Hall–Kier alpha value is -0.910. The van der Waals surface area contributed by atoms with Crippen LogP contribution in [0.3, 0.4) is 0 Å². The Kier molecular flexibility index (Phi) is 3.60. The third-order valence-electron chi connectivity index (χ3n) is 4.39. The van der Waals surface area contributed by atoms with Gasteiger partial charge < -0.3 is 10.0 Å². The first-order valence-corrected chi connectivity index (χ1v) is 7.78. The molecule has 0 aromatic carbocycles. The molecule has 4 nitrogen and oxygen atoms in total. The van der Waals surface area contributed by atoms with E-state index in [1.165, 1.54) is 4.88 Å². The second-order valence-corrected chi connectivity index (χ2v) is 6.56. The number of likely N-dealkylation sites (tertiary alicyclic amines) is 1. The Balaban J connectivity index is 1.83. The van der Waals surface area contributed by atoms with E-state index in [-0.39, 0.29) is 0 Å². The van der Waals surface area contributed by atoms with Gasteiger partial charge in [-0.15, -0.1) is 11.3 Å². The first kappa shape index (κ1) is 13.1. The molecular formula is C14H20N2O2S. The van der Waals surface area contributed by atoms with E-state index < -0.39 is 12.0 Å². The molecule has 1 saturated heterocycles. The van der Waals surface area contributed by atoms with Gasteiger partial charge >= 0.3 is 5.97 Å². The maximum Gasteiger partial charge on any atom is 0.325 e. The number of fused-ring (bicyclic) bond motifs is 1. The van der Waals surface area contributed by atoms with E-state index in [0.717, 1.165) is 44.5 Å². The second-order valence-electron chi connectivity index (χ2n) is 5.56. The molecule has 5 heteroatoms. The maximum absolute atomic E-state index is 11.7. The molecule has 19 heavy (non-hydrogen) atoms. The molecule has 0 spiro atoms. The number of nitrogens with zero attached hydrogens (tertiary/aromatic N) is 2. The molecule has 1 N–H and O–H groups in total. The number of hydrogen-bond acceptors (Lipinski definition) is 4. The van der Waals surface area contributed by atoms with Gasteiger partial charge in [-0.1, -0.05) is 0 Å². The fourth-order valence-electron chi connectivity index (χ4n) is 3.33. The number of thiophene rings is 1. The third-order valence-corrected chi connectivity index (χ3v) is 5.39. The summed E-state index contributed by atoms with van der Waals surface area (Å²) in [5.74, 6) is -0.696. The number of carbonyl (C=O) groups is 1. The van der Waals surface area contributed by atoms with Crippen molar-refractivity contribution < 1.29 is 9.90 Å². The summed E-state index contributed by atoms with van der Waals surface area (Å²) >= 11 is 1.70. The van der Waals surface area contributed by atoms with Crippen LogP contribution in [0.4, 0.5) is 0 Å². The molecule has 0 saturated carbocycles. The highest BCUT2D eigenvalue weighted by molar-refractivity contribution is 7.10. The van der Waals surface area contributed by atoms with Gasteiger partial charge in [-0.05, 0) is 56.4 Å². The predicted octanol–water partition coefficient (Wildman–Crippen LogP) is 1.83. The molecule has 1 aromatic heterocycles. The minimum absolute atomic E-state index is 0.422. The Morgan fingerprint density at radius 1 is 1.37 bits per heavy atom. The third kappa shape index (κ3) is 2.42. The van der Waals surface area contributed by atoms with Crippen LogP contribution in [-0.4, -0.2) is 53.6 Å². The van der Waals surface area contributed by atoms with E-state index in [9.17, 15) is 9.90 Å². The van der Waals surface area contributed by atoms with Crippen LogP contribution < -0.4 is 0 Å². The lowest BCUT2D eigenvalue weighted by atomic mass is 9.94. The minimum Gasteiger partial charge on any atom is -0.480 e. The van der Waals surface area contributed by atoms with Gasteiger partial charge in [0.25, 0.3) is 0 Å². The standard InChI is InChI=1S/C14H20N2O2S/c1-15-6-2-10(3-7-15)16-8-4-12-11(5-9-19-12)13(16)14(17)18/h5,9-10,13H,2-4,6-8H2,1H3,(H,17,18). The van der Waals surface area contributed by atoms with Gasteiger partial charge in [0.2, 0.25) is 0 Å². The number of piperidine rings is 1. The van der Waals surface area contributed by atoms with Crippen molar-refractivity contribution in [3.8, 4) is 0 Å². The summed E-state index contributed by atoms with van der Waals surface area (Å²) in [4.78, 5) is 17.5. The molecule has 0 aliphatic carbocycles. The molecule has 3 heterocycles. The lowest BCUT2D eigenvalue weighted by Gasteiger charge is -2.42. The monoisotopic (exact) mass is 280 g/mol. The fourth-order valence-corrected chi connectivity index (χ4v) is 4.23. The van der Waals surface area contributed by atoms with Gasteiger partial charge in [0.15, 0.2) is 0 Å². The highest BCUT2D eigenvalue weighted by atomic mass is 32.1. The quantitative estimate of drug-likeness (QED) is 0.897. The Bertz CT molecular complexity index is 466. The zero-order chi connectivity index (χ0) is 13.4. The van der Waals surface area contributed by atoms with Crippen LogP contribution in [0.5, 0.6) is 0 Å². The zero-order valence-corrected chi connectivity index (χ0v) is 12.0. The molecule has 1 fully saturated rings. The van der Waals surface area contributed by atoms with Crippen LogP contribution in [0.15, 0.2) is 11.4 Å². The molecule has 1 aromatic rings. The van der Waals surface area contributed by atoms with Crippen molar-refractivity contribution in [2.45, 2.75) is 31.3 Å². The molecule has 1 unspecified atom stereocenters. The van der Waals surface area contributed by atoms with Crippen LogP contribution in [0.25, 0.3) is 0 Å². The zero-order valence-electron chi connectivity index (χ0n) is 11.2. The van der Waals surface area contributed by atoms with E-state index in [2.05, 4.69) is 16.8 Å². The first-order valence-electron chi connectivity index (χ1n) is 6.90. The van der Waals surface area contributed by atoms with Crippen molar-refractivity contribution >= 4 is 17.3 Å². The van der Waals surface area contributed by atoms with Crippen molar-refractivity contribution in [1.29, 1.82) is 0 Å². The lowest BCUT2D eigenvalue weighted by Crippen LogP contribution is -2.49. The van der Waals surface area contributed by atoms with Crippen LogP contribution in [0, 0.1) is 0 Å². The fraction of sp³-hybridized carbons (Fsp3) is 0.643. The summed E-state index contributed by atoms with van der Waals surface area (Å²) in [6.45, 7) is 3.03. The van der Waals surface area contributed by atoms with Gasteiger partial charge in [0.05, 0.1) is 0 Å². The highest BCUT2D eigenvalue weighted by Gasteiger charge is 2.38. The van der Waals surface area contributed by atoms with Gasteiger partial charge in [0.1, 0.15) is 6.04 Å². The van der Waals surface area contributed by atoms with E-state index in [4.69, 9.17) is 0 Å². The molecule has 2 aliphatic heterocycles. The van der Waals surface area contributed by atoms with E-state index in [1.54, 1.807) is 11.3 Å². The number of aliphatic carboxylic acids is 1. The van der Waals surface area contributed by atoms with E-state index in [0.29, 0.717) is 6.04 Å². The van der Waals surface area contributed by atoms with Crippen LogP contribution in [-0.2, 0) is 11.2 Å². The summed E-state index contributed by atoms with van der Waals surface area (Å²) in [6, 6.07) is 1.99. The van der Waals surface area contributed by atoms with E-state index >= 15 is 0 Å². The number of carboxylic acids is 1. The molecule has 1 atom stereocenters. The number of carboxylic acid groups (broad SMARTS) is 1. The molecule has 3 rings (SSSR count). The van der Waals surface area contributed by atoms with Crippen molar-refractivity contribution in [3.63, 3.8) is 0 Å². The molecule has 0 radical (unpaired) electrons. The lowest BCUT2D eigenvalue weighted by molar-refractivity contribution is -0.145. The second kappa shape index (κ2) is 5.23. The Labute approximate surface area is 117 Å². The van der Waals surface area contributed by atoms with Crippen LogP contribution in [0.2, 0.25) is 0 Å². The molecule has 0 amide bonds. The summed E-state index contributed by atoms with van der Waals surface area (Å²) in [5, 5.41) is 11.6. The van der Waals surface area contributed by atoms with Crippen molar-refractivity contribution in [3.05, 3.63) is 21.9 Å². The average Bonchev–Trinajstić information content (AvgIpc) is 2.86.